The zero-order valence-corrected chi connectivity index (χ0v) is 10.5. The van der Waals surface area contributed by atoms with Crippen molar-refractivity contribution < 1.29 is 14.3 Å². The summed E-state index contributed by atoms with van der Waals surface area (Å²) >= 11 is 0. The molecule has 1 saturated heterocycles. The highest BCUT2D eigenvalue weighted by Crippen LogP contribution is 2.32. The molecule has 0 unspecified atom stereocenters. The third kappa shape index (κ3) is 2.70. The fraction of sp³-hybridized carbons (Fsp3) is 0.500. The number of likely N-dealkylation sites (tertiary alicyclic amines) is 1. The van der Waals surface area contributed by atoms with E-state index in [1.165, 1.54) is 12.1 Å². The van der Waals surface area contributed by atoms with Gasteiger partial charge in [-0.2, -0.15) is 0 Å². The Morgan fingerprint density at radius 2 is 2.11 bits per heavy atom. The maximum atomic E-state index is 12.9. The van der Waals surface area contributed by atoms with Gasteiger partial charge in [0.25, 0.3) is 0 Å². The van der Waals surface area contributed by atoms with Gasteiger partial charge in [-0.3, -0.25) is 4.79 Å². The molecule has 1 aromatic rings. The van der Waals surface area contributed by atoms with Crippen molar-refractivity contribution in [1.29, 1.82) is 0 Å². The quantitative estimate of drug-likeness (QED) is 0.870. The molecule has 2 atom stereocenters. The van der Waals surface area contributed by atoms with Gasteiger partial charge in [0.05, 0.1) is 0 Å². The lowest BCUT2D eigenvalue weighted by atomic mass is 9.81. The lowest BCUT2D eigenvalue weighted by molar-refractivity contribution is -0.131. The van der Waals surface area contributed by atoms with Crippen LogP contribution >= 0.6 is 0 Å². The van der Waals surface area contributed by atoms with Crippen molar-refractivity contribution in [2.75, 3.05) is 19.7 Å². The first kappa shape index (κ1) is 13.0. The first-order valence-corrected chi connectivity index (χ1v) is 6.23. The highest BCUT2D eigenvalue weighted by Gasteiger charge is 2.30. The number of halogens is 1. The number of piperidine rings is 1. The van der Waals surface area contributed by atoms with Crippen molar-refractivity contribution in [2.45, 2.75) is 19.3 Å². The summed E-state index contributed by atoms with van der Waals surface area (Å²) in [4.78, 5) is 13.1. The monoisotopic (exact) mass is 251 g/mol. The molecule has 1 heterocycles. The molecule has 0 bridgehead atoms. The van der Waals surface area contributed by atoms with Crippen LogP contribution in [0.1, 0.15) is 24.8 Å². The lowest BCUT2D eigenvalue weighted by Crippen LogP contribution is -2.43. The van der Waals surface area contributed by atoms with Gasteiger partial charge in [-0.15, -0.1) is 0 Å². The summed E-state index contributed by atoms with van der Waals surface area (Å²) in [5, 5.41) is 9.46. The number of nitrogens with zero attached hydrogens (tertiary/aromatic N) is 1. The Bertz CT molecular complexity index is 418. The van der Waals surface area contributed by atoms with E-state index in [9.17, 15) is 14.3 Å². The largest absolute Gasteiger partial charge is 0.396 e. The van der Waals surface area contributed by atoms with Crippen molar-refractivity contribution in [3.05, 3.63) is 35.6 Å². The molecule has 1 aliphatic heterocycles. The summed E-state index contributed by atoms with van der Waals surface area (Å²) in [7, 11) is 0. The van der Waals surface area contributed by atoms with E-state index in [4.69, 9.17) is 0 Å². The minimum absolute atomic E-state index is 0.0353. The molecule has 3 nitrogen and oxygen atoms in total. The van der Waals surface area contributed by atoms with Gasteiger partial charge in [-0.1, -0.05) is 12.1 Å². The number of carbonyl (C=O) groups is 1. The van der Waals surface area contributed by atoms with Gasteiger partial charge < -0.3 is 10.0 Å². The van der Waals surface area contributed by atoms with Gasteiger partial charge in [0.15, 0.2) is 0 Å². The van der Waals surface area contributed by atoms with Gasteiger partial charge in [0.2, 0.25) is 5.91 Å². The molecule has 1 fully saturated rings. The topological polar surface area (TPSA) is 40.5 Å². The summed E-state index contributed by atoms with van der Waals surface area (Å²) < 4.78 is 12.9. The van der Waals surface area contributed by atoms with E-state index in [0.29, 0.717) is 13.1 Å². The van der Waals surface area contributed by atoms with Crippen LogP contribution in [0, 0.1) is 11.7 Å². The fourth-order valence-corrected chi connectivity index (χ4v) is 2.65. The molecule has 0 radical (unpaired) electrons. The van der Waals surface area contributed by atoms with Crippen molar-refractivity contribution in [3.8, 4) is 0 Å². The molecule has 18 heavy (non-hydrogen) atoms. The van der Waals surface area contributed by atoms with E-state index in [1.807, 2.05) is 0 Å². The second kappa shape index (κ2) is 5.48. The summed E-state index contributed by atoms with van der Waals surface area (Å²) in [6.45, 7) is 2.88. The Hall–Kier alpha value is -1.42. The van der Waals surface area contributed by atoms with Crippen LogP contribution in [0.3, 0.4) is 0 Å². The average molecular weight is 251 g/mol. The van der Waals surface area contributed by atoms with Crippen LogP contribution in [0.5, 0.6) is 0 Å². The van der Waals surface area contributed by atoms with E-state index in [2.05, 4.69) is 0 Å². The number of amides is 1. The van der Waals surface area contributed by atoms with Gasteiger partial charge in [-0.25, -0.2) is 4.39 Å². The van der Waals surface area contributed by atoms with Crippen LogP contribution < -0.4 is 0 Å². The van der Waals surface area contributed by atoms with Crippen molar-refractivity contribution in [3.63, 3.8) is 0 Å². The molecule has 4 heteroatoms. The number of rotatable bonds is 2. The maximum Gasteiger partial charge on any atom is 0.219 e. The molecule has 1 amide bonds. The average Bonchev–Trinajstić information content (AvgIpc) is 2.39. The number of benzene rings is 1. The van der Waals surface area contributed by atoms with Crippen LogP contribution in [-0.4, -0.2) is 35.6 Å². The smallest absolute Gasteiger partial charge is 0.219 e. The molecule has 2 rings (SSSR count). The highest BCUT2D eigenvalue weighted by atomic mass is 19.1. The van der Waals surface area contributed by atoms with E-state index in [-0.39, 0.29) is 30.2 Å². The second-order valence-corrected chi connectivity index (χ2v) is 4.85. The van der Waals surface area contributed by atoms with Gasteiger partial charge in [0, 0.05) is 32.5 Å². The van der Waals surface area contributed by atoms with Crippen LogP contribution in [-0.2, 0) is 4.79 Å². The summed E-state index contributed by atoms with van der Waals surface area (Å²) in [5.41, 5.74) is 1.04. The molecule has 1 aromatic carbocycles. The summed E-state index contributed by atoms with van der Waals surface area (Å²) in [6, 6.07) is 6.43. The maximum absolute atomic E-state index is 12.9. The number of aliphatic hydroxyl groups excluding tert-OH is 1. The minimum atomic E-state index is -0.250. The predicted octanol–water partition coefficient (Wildman–Crippen LogP) is 1.77. The van der Waals surface area contributed by atoms with Crippen LogP contribution in [0.15, 0.2) is 24.3 Å². The Labute approximate surface area is 106 Å². The van der Waals surface area contributed by atoms with E-state index in [1.54, 1.807) is 24.0 Å². The Kier molecular flexibility index (Phi) is 3.97. The van der Waals surface area contributed by atoms with Gasteiger partial charge in [0.1, 0.15) is 5.82 Å². The van der Waals surface area contributed by atoms with Crippen molar-refractivity contribution >= 4 is 5.91 Å². The van der Waals surface area contributed by atoms with Crippen molar-refractivity contribution in [1.82, 2.24) is 4.90 Å². The second-order valence-electron chi connectivity index (χ2n) is 4.85. The van der Waals surface area contributed by atoms with E-state index >= 15 is 0 Å². The molecule has 0 saturated carbocycles. The number of carbonyl (C=O) groups excluding carboxylic acids is 1. The SMILES string of the molecule is CC(=O)N1CC[C@@H](c2ccc(F)cc2)[C@H](CO)C1. The molecule has 0 spiro atoms. The summed E-state index contributed by atoms with van der Waals surface area (Å²) in [6.07, 6.45) is 0.816. The van der Waals surface area contributed by atoms with Crippen LogP contribution in [0.4, 0.5) is 4.39 Å². The molecule has 98 valence electrons. The first-order chi connectivity index (χ1) is 8.61. The zero-order valence-electron chi connectivity index (χ0n) is 10.5. The molecular weight excluding hydrogens is 233 g/mol. The third-order valence-corrected chi connectivity index (χ3v) is 3.71. The Morgan fingerprint density at radius 1 is 1.44 bits per heavy atom. The number of hydrogen-bond acceptors (Lipinski definition) is 2. The van der Waals surface area contributed by atoms with Crippen LogP contribution in [0.2, 0.25) is 0 Å². The first-order valence-electron chi connectivity index (χ1n) is 6.23. The van der Waals surface area contributed by atoms with Crippen LogP contribution in [0.25, 0.3) is 0 Å². The van der Waals surface area contributed by atoms with Gasteiger partial charge in [-0.05, 0) is 30.0 Å². The molecule has 0 aromatic heterocycles. The third-order valence-electron chi connectivity index (χ3n) is 3.71. The molecule has 1 aliphatic rings. The molecular formula is C14H18FNO2. The highest BCUT2D eigenvalue weighted by molar-refractivity contribution is 5.73. The zero-order chi connectivity index (χ0) is 13.1. The molecule has 1 N–H and O–H groups in total. The minimum Gasteiger partial charge on any atom is -0.396 e. The number of hydrogen-bond donors (Lipinski definition) is 1. The van der Waals surface area contributed by atoms with Gasteiger partial charge >= 0.3 is 0 Å². The fourth-order valence-electron chi connectivity index (χ4n) is 2.65. The predicted molar refractivity (Wildman–Crippen MR) is 66.6 cm³/mol. The number of aliphatic hydroxyl groups is 1. The van der Waals surface area contributed by atoms with Crippen molar-refractivity contribution in [2.24, 2.45) is 5.92 Å². The Morgan fingerprint density at radius 3 is 2.67 bits per heavy atom. The molecule has 0 aliphatic carbocycles. The lowest BCUT2D eigenvalue weighted by Gasteiger charge is -2.37. The standard InChI is InChI=1S/C14H18FNO2/c1-10(18)16-7-6-14(12(8-16)9-17)11-2-4-13(15)5-3-11/h2-5,12,14,17H,6-9H2,1H3/t12-,14-/m0/s1. The van der Waals surface area contributed by atoms with E-state index < -0.39 is 0 Å². The summed E-state index contributed by atoms with van der Waals surface area (Å²) in [5.74, 6) is 0.0331. The Balaban J connectivity index is 2.14. The normalized spacial score (nSPS) is 24.1. The van der Waals surface area contributed by atoms with E-state index in [0.717, 1.165) is 12.0 Å².